The van der Waals surface area contributed by atoms with E-state index in [4.69, 9.17) is 21.1 Å². The summed E-state index contributed by atoms with van der Waals surface area (Å²) < 4.78 is 11.2. The lowest BCUT2D eigenvalue weighted by molar-refractivity contribution is -0.384. The van der Waals surface area contributed by atoms with Gasteiger partial charge in [0.05, 0.1) is 16.9 Å². The minimum absolute atomic E-state index is 0.0118. The molecule has 12 heteroatoms. The monoisotopic (exact) mass is 553 g/mol. The molecule has 0 bridgehead atoms. The van der Waals surface area contributed by atoms with E-state index in [2.05, 4.69) is 5.32 Å². The fourth-order valence-corrected chi connectivity index (χ4v) is 4.40. The van der Waals surface area contributed by atoms with Gasteiger partial charge < -0.3 is 14.8 Å². The van der Waals surface area contributed by atoms with Crippen LogP contribution < -0.4 is 14.8 Å². The molecular formula is C26H20ClN3O7S. The second kappa shape index (κ2) is 11.8. The second-order valence-electron chi connectivity index (χ2n) is 7.95. The molecule has 1 N–H and O–H groups in total. The number of amides is 3. The largest absolute Gasteiger partial charge is 0.493 e. The van der Waals surface area contributed by atoms with Gasteiger partial charge in [-0.3, -0.25) is 29.4 Å². The molecule has 0 radical (unpaired) electrons. The summed E-state index contributed by atoms with van der Waals surface area (Å²) in [5, 5.41) is 13.4. The molecule has 0 saturated carbocycles. The number of halogens is 1. The highest BCUT2D eigenvalue weighted by atomic mass is 35.5. The van der Waals surface area contributed by atoms with Gasteiger partial charge in [0.2, 0.25) is 5.91 Å². The number of methoxy groups -OCH3 is 1. The van der Waals surface area contributed by atoms with Gasteiger partial charge >= 0.3 is 0 Å². The number of nitrogens with zero attached hydrogens (tertiary/aromatic N) is 2. The van der Waals surface area contributed by atoms with Crippen LogP contribution >= 0.6 is 23.4 Å². The summed E-state index contributed by atoms with van der Waals surface area (Å²) >= 11 is 6.57. The number of carbonyl (C=O) groups excluding carboxylic acids is 3. The molecule has 0 atom stereocenters. The van der Waals surface area contributed by atoms with Gasteiger partial charge in [0.15, 0.2) is 11.5 Å². The van der Waals surface area contributed by atoms with Crippen LogP contribution in [0.25, 0.3) is 6.08 Å². The van der Waals surface area contributed by atoms with E-state index in [1.54, 1.807) is 54.6 Å². The zero-order valence-corrected chi connectivity index (χ0v) is 21.5. The summed E-state index contributed by atoms with van der Waals surface area (Å²) in [7, 11) is 1.46. The number of non-ortho nitro benzene ring substituents is 1. The Hall–Kier alpha value is -4.35. The molecule has 10 nitrogen and oxygen atoms in total. The minimum Gasteiger partial charge on any atom is -0.493 e. The molecule has 3 aromatic rings. The molecule has 4 rings (SSSR count). The van der Waals surface area contributed by atoms with E-state index in [9.17, 15) is 24.5 Å². The molecular weight excluding hydrogens is 534 g/mol. The summed E-state index contributed by atoms with van der Waals surface area (Å²) in [6.45, 7) is -0.270. The van der Waals surface area contributed by atoms with Crippen molar-refractivity contribution in [2.75, 3.05) is 19.0 Å². The molecule has 3 amide bonds. The van der Waals surface area contributed by atoms with Crippen LogP contribution in [0.3, 0.4) is 0 Å². The predicted molar refractivity (Wildman–Crippen MR) is 143 cm³/mol. The smallest absolute Gasteiger partial charge is 0.294 e. The van der Waals surface area contributed by atoms with Crippen LogP contribution in [0.15, 0.2) is 71.6 Å². The Balaban J connectivity index is 1.41. The van der Waals surface area contributed by atoms with Gasteiger partial charge in [0, 0.05) is 22.8 Å². The first-order valence-corrected chi connectivity index (χ1v) is 12.3. The van der Waals surface area contributed by atoms with Crippen molar-refractivity contribution < 1.29 is 28.8 Å². The van der Waals surface area contributed by atoms with Gasteiger partial charge in [-0.2, -0.15) is 0 Å². The first-order valence-electron chi connectivity index (χ1n) is 11.1. The number of anilines is 1. The molecule has 1 fully saturated rings. The van der Waals surface area contributed by atoms with E-state index < -0.39 is 28.5 Å². The summed E-state index contributed by atoms with van der Waals surface area (Å²) in [6.07, 6.45) is 1.53. The van der Waals surface area contributed by atoms with Crippen molar-refractivity contribution in [2.24, 2.45) is 0 Å². The lowest BCUT2D eigenvalue weighted by Crippen LogP contribution is -2.36. The summed E-state index contributed by atoms with van der Waals surface area (Å²) in [4.78, 5) is 49.0. The molecule has 0 aromatic heterocycles. The fraction of sp³-hybridized carbons (Fsp3) is 0.115. The quantitative estimate of drug-likeness (QED) is 0.209. The average Bonchev–Trinajstić information content (AvgIpc) is 3.16. The maximum absolute atomic E-state index is 12.8. The lowest BCUT2D eigenvalue weighted by Gasteiger charge is -2.12. The summed E-state index contributed by atoms with van der Waals surface area (Å²) in [6, 6.07) is 17.4. The number of rotatable bonds is 9. The molecule has 194 valence electrons. The first-order chi connectivity index (χ1) is 18.2. The van der Waals surface area contributed by atoms with E-state index in [-0.39, 0.29) is 17.2 Å². The van der Waals surface area contributed by atoms with Crippen LogP contribution in [0.2, 0.25) is 5.02 Å². The third-order valence-electron chi connectivity index (χ3n) is 5.33. The Labute approximate surface area is 226 Å². The van der Waals surface area contributed by atoms with E-state index >= 15 is 0 Å². The fourth-order valence-electron chi connectivity index (χ4n) is 3.43. The summed E-state index contributed by atoms with van der Waals surface area (Å²) in [5.74, 6) is -0.284. The first kappa shape index (κ1) is 26.7. The second-order valence-corrected chi connectivity index (χ2v) is 9.38. The molecule has 1 aliphatic heterocycles. The Morgan fingerprint density at radius 1 is 1.08 bits per heavy atom. The van der Waals surface area contributed by atoms with Crippen LogP contribution in [0, 0.1) is 10.1 Å². The van der Waals surface area contributed by atoms with Crippen LogP contribution in [0.1, 0.15) is 11.1 Å². The lowest BCUT2D eigenvalue weighted by atomic mass is 10.1. The van der Waals surface area contributed by atoms with Crippen molar-refractivity contribution in [1.29, 1.82) is 0 Å². The Morgan fingerprint density at radius 2 is 1.79 bits per heavy atom. The Bertz CT molecular complexity index is 1430. The highest BCUT2D eigenvalue weighted by Crippen LogP contribution is 2.35. The van der Waals surface area contributed by atoms with Gasteiger partial charge in [-0.15, -0.1) is 0 Å². The molecule has 1 heterocycles. The van der Waals surface area contributed by atoms with Crippen molar-refractivity contribution in [3.63, 3.8) is 0 Å². The molecule has 0 spiro atoms. The Kier molecular flexibility index (Phi) is 8.29. The van der Waals surface area contributed by atoms with E-state index in [0.29, 0.717) is 27.8 Å². The standard InChI is InChI=1S/C26H20ClN3O7S/c1-36-22-12-17(4-11-21(22)37-15-16-2-9-20(10-3-16)30(34)35)13-23-25(32)29(26(33)38-23)14-24(31)28-19-7-5-18(27)6-8-19/h2-13H,14-15H2,1H3,(H,28,31)/b23-13+. The summed E-state index contributed by atoms with van der Waals surface area (Å²) in [5.41, 5.74) is 1.79. The van der Waals surface area contributed by atoms with Crippen LogP contribution in [-0.2, 0) is 16.2 Å². The number of ether oxygens (including phenoxy) is 2. The van der Waals surface area contributed by atoms with Gasteiger partial charge in [-0.1, -0.05) is 17.7 Å². The molecule has 1 aliphatic rings. The van der Waals surface area contributed by atoms with Crippen LogP contribution in [0.5, 0.6) is 11.5 Å². The van der Waals surface area contributed by atoms with Crippen LogP contribution in [0.4, 0.5) is 16.2 Å². The van der Waals surface area contributed by atoms with Crippen molar-refractivity contribution >= 4 is 57.9 Å². The molecule has 38 heavy (non-hydrogen) atoms. The highest BCUT2D eigenvalue weighted by molar-refractivity contribution is 8.18. The number of nitrogens with one attached hydrogen (secondary N) is 1. The highest BCUT2D eigenvalue weighted by Gasteiger charge is 2.36. The van der Waals surface area contributed by atoms with E-state index in [0.717, 1.165) is 22.2 Å². The van der Waals surface area contributed by atoms with Crippen molar-refractivity contribution in [3.8, 4) is 11.5 Å². The topological polar surface area (TPSA) is 128 Å². The van der Waals surface area contributed by atoms with Crippen molar-refractivity contribution in [1.82, 2.24) is 4.90 Å². The zero-order valence-electron chi connectivity index (χ0n) is 19.9. The average molecular weight is 554 g/mol. The third kappa shape index (κ3) is 6.50. The normalized spacial score (nSPS) is 14.1. The SMILES string of the molecule is COc1cc(/C=C2/SC(=O)N(CC(=O)Nc3ccc(Cl)cc3)C2=O)ccc1OCc1ccc([N+](=O)[O-])cc1. The van der Waals surface area contributed by atoms with Crippen molar-refractivity contribution in [2.45, 2.75) is 6.61 Å². The zero-order chi connectivity index (χ0) is 27.2. The number of thioether (sulfide) groups is 1. The van der Waals surface area contributed by atoms with E-state index in [1.165, 1.54) is 25.3 Å². The minimum atomic E-state index is -0.580. The molecule has 0 aliphatic carbocycles. The van der Waals surface area contributed by atoms with Crippen molar-refractivity contribution in [3.05, 3.63) is 97.9 Å². The number of hydrogen-bond donors (Lipinski definition) is 1. The van der Waals surface area contributed by atoms with Gasteiger partial charge in [0.1, 0.15) is 13.2 Å². The number of imide groups is 1. The van der Waals surface area contributed by atoms with Gasteiger partial charge in [-0.05, 0) is 77.5 Å². The molecule has 0 unspecified atom stereocenters. The maximum Gasteiger partial charge on any atom is 0.294 e. The molecule has 1 saturated heterocycles. The number of benzene rings is 3. The number of nitro groups is 1. The number of nitro benzene ring substituents is 1. The third-order valence-corrected chi connectivity index (χ3v) is 6.49. The Morgan fingerprint density at radius 3 is 2.45 bits per heavy atom. The van der Waals surface area contributed by atoms with Gasteiger partial charge in [-0.25, -0.2) is 0 Å². The van der Waals surface area contributed by atoms with Gasteiger partial charge in [0.25, 0.3) is 16.8 Å². The number of hydrogen-bond acceptors (Lipinski definition) is 8. The maximum atomic E-state index is 12.8. The van der Waals surface area contributed by atoms with Crippen LogP contribution in [-0.4, -0.2) is 40.5 Å². The van der Waals surface area contributed by atoms with E-state index in [1.807, 2.05) is 0 Å². The molecule has 3 aromatic carbocycles. The predicted octanol–water partition coefficient (Wildman–Crippen LogP) is 5.51. The number of carbonyl (C=O) groups is 3.